The molecule has 1 saturated heterocycles. The first-order valence-electron chi connectivity index (χ1n) is 5.31. The number of amides is 2. The van der Waals surface area contributed by atoms with Crippen molar-refractivity contribution < 1.29 is 14.3 Å². The fourth-order valence-electron chi connectivity index (χ4n) is 1.62. The fourth-order valence-corrected chi connectivity index (χ4v) is 1.62. The molecule has 2 rings (SSSR count). The van der Waals surface area contributed by atoms with Gasteiger partial charge in [0.15, 0.2) is 0 Å². The smallest absolute Gasteiger partial charge is 0.267 e. The summed E-state index contributed by atoms with van der Waals surface area (Å²) in [7, 11) is 0. The van der Waals surface area contributed by atoms with Crippen LogP contribution in [0.2, 0.25) is 0 Å². The summed E-state index contributed by atoms with van der Waals surface area (Å²) in [6, 6.07) is 3.01. The SMILES string of the molecule is NC(=O)c1ccc(C(=O)N2CCOCC2)cn1. The van der Waals surface area contributed by atoms with Crippen molar-refractivity contribution in [1.29, 1.82) is 0 Å². The van der Waals surface area contributed by atoms with Crippen molar-refractivity contribution in [2.75, 3.05) is 26.3 Å². The molecule has 0 spiro atoms. The zero-order chi connectivity index (χ0) is 12.3. The second-order valence-corrected chi connectivity index (χ2v) is 3.70. The molecule has 1 aliphatic rings. The molecule has 0 unspecified atom stereocenters. The maximum Gasteiger partial charge on any atom is 0.267 e. The lowest BCUT2D eigenvalue weighted by molar-refractivity contribution is 0.0302. The predicted molar refractivity (Wildman–Crippen MR) is 59.5 cm³/mol. The van der Waals surface area contributed by atoms with E-state index in [4.69, 9.17) is 10.5 Å². The summed E-state index contributed by atoms with van der Waals surface area (Å²) in [5, 5.41) is 0. The number of carbonyl (C=O) groups excluding carboxylic acids is 2. The maximum atomic E-state index is 12.0. The Labute approximate surface area is 98.4 Å². The molecule has 0 atom stereocenters. The highest BCUT2D eigenvalue weighted by Gasteiger charge is 2.18. The lowest BCUT2D eigenvalue weighted by atomic mass is 10.2. The number of aromatic nitrogens is 1. The first-order chi connectivity index (χ1) is 8.18. The van der Waals surface area contributed by atoms with Gasteiger partial charge in [0.1, 0.15) is 5.69 Å². The number of primary amides is 1. The molecule has 2 N–H and O–H groups in total. The molecule has 90 valence electrons. The van der Waals surface area contributed by atoms with E-state index in [1.165, 1.54) is 12.3 Å². The quantitative estimate of drug-likeness (QED) is 0.759. The van der Waals surface area contributed by atoms with E-state index in [0.29, 0.717) is 31.9 Å². The number of pyridine rings is 1. The second-order valence-electron chi connectivity index (χ2n) is 3.70. The summed E-state index contributed by atoms with van der Waals surface area (Å²) in [6.45, 7) is 2.27. The average Bonchev–Trinajstić information content (AvgIpc) is 2.39. The molecule has 0 radical (unpaired) electrons. The van der Waals surface area contributed by atoms with Gasteiger partial charge >= 0.3 is 0 Å². The Hall–Kier alpha value is -1.95. The number of hydrogen-bond donors (Lipinski definition) is 1. The molecule has 0 aromatic carbocycles. The van der Waals surface area contributed by atoms with E-state index in [1.54, 1.807) is 11.0 Å². The molecule has 6 heteroatoms. The van der Waals surface area contributed by atoms with Gasteiger partial charge in [-0.15, -0.1) is 0 Å². The van der Waals surface area contributed by atoms with Crippen LogP contribution < -0.4 is 5.73 Å². The lowest BCUT2D eigenvalue weighted by Crippen LogP contribution is -2.40. The highest BCUT2D eigenvalue weighted by Crippen LogP contribution is 2.07. The van der Waals surface area contributed by atoms with Crippen molar-refractivity contribution in [3.05, 3.63) is 29.6 Å². The highest BCUT2D eigenvalue weighted by atomic mass is 16.5. The summed E-state index contributed by atoms with van der Waals surface area (Å²) in [4.78, 5) is 28.4. The Morgan fingerprint density at radius 3 is 2.53 bits per heavy atom. The number of ether oxygens (including phenoxy) is 1. The van der Waals surface area contributed by atoms with Crippen molar-refractivity contribution in [3.63, 3.8) is 0 Å². The summed E-state index contributed by atoms with van der Waals surface area (Å²) in [5.41, 5.74) is 5.68. The van der Waals surface area contributed by atoms with Crippen LogP contribution in [0.15, 0.2) is 18.3 Å². The molecule has 1 aromatic heterocycles. The van der Waals surface area contributed by atoms with E-state index in [2.05, 4.69) is 4.98 Å². The van der Waals surface area contributed by atoms with Crippen LogP contribution in [0.1, 0.15) is 20.8 Å². The zero-order valence-corrected chi connectivity index (χ0v) is 9.26. The van der Waals surface area contributed by atoms with Crippen molar-refractivity contribution in [1.82, 2.24) is 9.88 Å². The number of nitrogens with zero attached hydrogens (tertiary/aromatic N) is 2. The minimum absolute atomic E-state index is 0.100. The summed E-state index contributed by atoms with van der Waals surface area (Å²) in [6.07, 6.45) is 1.37. The van der Waals surface area contributed by atoms with Gasteiger partial charge in [0.2, 0.25) is 0 Å². The molecule has 6 nitrogen and oxygen atoms in total. The molecule has 2 heterocycles. The molecule has 2 amide bonds. The van der Waals surface area contributed by atoms with Crippen molar-refractivity contribution in [2.45, 2.75) is 0 Å². The van der Waals surface area contributed by atoms with Gasteiger partial charge in [-0.05, 0) is 12.1 Å². The zero-order valence-electron chi connectivity index (χ0n) is 9.26. The third kappa shape index (κ3) is 2.59. The van der Waals surface area contributed by atoms with Crippen LogP contribution in [0.3, 0.4) is 0 Å². The number of carbonyl (C=O) groups is 2. The molecule has 1 aliphatic heterocycles. The summed E-state index contributed by atoms with van der Waals surface area (Å²) in [5.74, 6) is -0.702. The Morgan fingerprint density at radius 1 is 1.29 bits per heavy atom. The van der Waals surface area contributed by atoms with E-state index < -0.39 is 5.91 Å². The molecular formula is C11H13N3O3. The summed E-state index contributed by atoms with van der Waals surface area (Å²) >= 11 is 0. The first-order valence-corrected chi connectivity index (χ1v) is 5.31. The molecular weight excluding hydrogens is 222 g/mol. The highest BCUT2D eigenvalue weighted by molar-refractivity contribution is 5.95. The standard InChI is InChI=1S/C11H13N3O3/c12-10(15)9-2-1-8(7-13-9)11(16)14-3-5-17-6-4-14/h1-2,7H,3-6H2,(H2,12,15). The normalized spacial score (nSPS) is 15.6. The number of rotatable bonds is 2. The molecule has 1 fully saturated rings. The van der Waals surface area contributed by atoms with Crippen LogP contribution in [0.4, 0.5) is 0 Å². The fraction of sp³-hybridized carbons (Fsp3) is 0.364. The molecule has 0 saturated carbocycles. The van der Waals surface area contributed by atoms with E-state index in [-0.39, 0.29) is 11.6 Å². The average molecular weight is 235 g/mol. The monoisotopic (exact) mass is 235 g/mol. The number of hydrogen-bond acceptors (Lipinski definition) is 4. The number of nitrogens with two attached hydrogens (primary N) is 1. The largest absolute Gasteiger partial charge is 0.378 e. The van der Waals surface area contributed by atoms with Gasteiger partial charge in [-0.3, -0.25) is 14.6 Å². The van der Waals surface area contributed by atoms with E-state index in [1.807, 2.05) is 0 Å². The topological polar surface area (TPSA) is 85.5 Å². The van der Waals surface area contributed by atoms with Gasteiger partial charge in [0.25, 0.3) is 11.8 Å². The molecule has 0 aliphatic carbocycles. The van der Waals surface area contributed by atoms with Gasteiger partial charge in [-0.25, -0.2) is 0 Å². The molecule has 0 bridgehead atoms. The van der Waals surface area contributed by atoms with Gasteiger partial charge in [-0.2, -0.15) is 0 Å². The van der Waals surface area contributed by atoms with Gasteiger partial charge in [-0.1, -0.05) is 0 Å². The minimum atomic E-state index is -0.602. The molecule has 1 aromatic rings. The van der Waals surface area contributed by atoms with Gasteiger partial charge < -0.3 is 15.4 Å². The predicted octanol–water partition coefficient (Wildman–Crippen LogP) is -0.347. The van der Waals surface area contributed by atoms with Crippen LogP contribution in [-0.4, -0.2) is 48.0 Å². The van der Waals surface area contributed by atoms with Crippen LogP contribution in [0, 0.1) is 0 Å². The Balaban J connectivity index is 2.10. The van der Waals surface area contributed by atoms with Crippen LogP contribution in [0.25, 0.3) is 0 Å². The Bertz CT molecular complexity index is 424. The number of morpholine rings is 1. The Morgan fingerprint density at radius 2 is 2.00 bits per heavy atom. The van der Waals surface area contributed by atoms with E-state index >= 15 is 0 Å². The maximum absolute atomic E-state index is 12.0. The molecule has 17 heavy (non-hydrogen) atoms. The second kappa shape index (κ2) is 4.92. The van der Waals surface area contributed by atoms with E-state index in [0.717, 1.165) is 0 Å². The Kier molecular flexibility index (Phi) is 3.34. The minimum Gasteiger partial charge on any atom is -0.378 e. The third-order valence-electron chi connectivity index (χ3n) is 2.56. The van der Waals surface area contributed by atoms with Gasteiger partial charge in [0.05, 0.1) is 18.8 Å². The van der Waals surface area contributed by atoms with Gasteiger partial charge in [0, 0.05) is 19.3 Å². The van der Waals surface area contributed by atoms with Crippen molar-refractivity contribution in [2.24, 2.45) is 5.73 Å². The third-order valence-corrected chi connectivity index (χ3v) is 2.56. The first kappa shape index (κ1) is 11.5. The lowest BCUT2D eigenvalue weighted by Gasteiger charge is -2.26. The van der Waals surface area contributed by atoms with E-state index in [9.17, 15) is 9.59 Å². The van der Waals surface area contributed by atoms with Crippen molar-refractivity contribution >= 4 is 11.8 Å². The summed E-state index contributed by atoms with van der Waals surface area (Å²) < 4.78 is 5.17. The van der Waals surface area contributed by atoms with Crippen molar-refractivity contribution in [3.8, 4) is 0 Å². The van der Waals surface area contributed by atoms with Crippen LogP contribution in [0.5, 0.6) is 0 Å². The van der Waals surface area contributed by atoms with Crippen LogP contribution >= 0.6 is 0 Å². The van der Waals surface area contributed by atoms with Crippen LogP contribution in [-0.2, 0) is 4.74 Å².